The number of hydrogen-bond acceptors (Lipinski definition) is 2. The van der Waals surface area contributed by atoms with E-state index in [0.29, 0.717) is 23.7 Å². The summed E-state index contributed by atoms with van der Waals surface area (Å²) >= 11 is 0. The molecule has 0 bridgehead atoms. The number of aldehydes is 2. The second kappa shape index (κ2) is 7.32. The Morgan fingerprint density at radius 3 is 1.23 bits per heavy atom. The normalized spacial score (nSPS) is 12.1. The van der Waals surface area contributed by atoms with Gasteiger partial charge in [-0.2, -0.15) is 0 Å². The molecule has 110 valence electrons. The third-order valence-corrected chi connectivity index (χ3v) is 3.39. The molecule has 0 spiro atoms. The molecule has 0 fully saturated rings. The maximum atomic E-state index is 11.4. The minimum Gasteiger partial charge on any atom is -0.298 e. The van der Waals surface area contributed by atoms with Gasteiger partial charge in [-0.3, -0.25) is 9.59 Å². The molecule has 0 saturated carbocycles. The molecule has 0 aliphatic heterocycles. The Bertz CT molecular complexity index is 652. The Morgan fingerprint density at radius 2 is 0.955 bits per heavy atom. The summed E-state index contributed by atoms with van der Waals surface area (Å²) in [6.07, 6.45) is 4.88. The highest BCUT2D eigenvalue weighted by Crippen LogP contribution is 2.16. The number of carbonyl (C=O) groups is 2. The molecule has 0 unspecified atom stereocenters. The summed E-state index contributed by atoms with van der Waals surface area (Å²) in [6.45, 7) is 4.00. The smallest absolute Gasteiger partial charge is 0.150 e. The summed E-state index contributed by atoms with van der Waals surface area (Å²) in [4.78, 5) is 22.7. The summed E-state index contributed by atoms with van der Waals surface area (Å²) in [5.41, 5.74) is 4.83. The highest BCUT2D eigenvalue weighted by Gasteiger charge is 2.04. The number of aryl methyl sites for hydroxylation is 2. The average molecular weight is 290 g/mol. The van der Waals surface area contributed by atoms with Crippen LogP contribution < -0.4 is 0 Å². The lowest BCUT2D eigenvalue weighted by Gasteiger charge is -2.02. The van der Waals surface area contributed by atoms with Gasteiger partial charge in [-0.05, 0) is 37.1 Å². The van der Waals surface area contributed by atoms with E-state index in [9.17, 15) is 9.59 Å². The van der Waals surface area contributed by atoms with Crippen LogP contribution in [0.1, 0.15) is 22.3 Å². The van der Waals surface area contributed by atoms with Crippen molar-refractivity contribution >= 4 is 24.7 Å². The lowest BCUT2D eigenvalue weighted by atomic mass is 10.0. The molecule has 2 rings (SSSR count). The number of benzene rings is 2. The van der Waals surface area contributed by atoms with Gasteiger partial charge in [0.15, 0.2) is 12.6 Å². The van der Waals surface area contributed by atoms with Gasteiger partial charge in [-0.1, -0.05) is 59.7 Å². The van der Waals surface area contributed by atoms with Gasteiger partial charge in [0.05, 0.1) is 0 Å². The van der Waals surface area contributed by atoms with Crippen molar-refractivity contribution in [3.8, 4) is 0 Å². The first-order valence-corrected chi connectivity index (χ1v) is 7.10. The standard InChI is InChI=1S/C20H18O2/c1-15-3-7-17(8-4-15)11-19(13-21)20(14-22)12-18-9-5-16(2)6-10-18/h3-14H,1-2H3/b19-11-,20-12-. The first-order chi connectivity index (χ1) is 10.6. The molecule has 0 amide bonds. The van der Waals surface area contributed by atoms with Crippen molar-refractivity contribution in [2.75, 3.05) is 0 Å². The summed E-state index contributed by atoms with van der Waals surface area (Å²) in [5.74, 6) is 0. The fourth-order valence-corrected chi connectivity index (χ4v) is 2.06. The average Bonchev–Trinajstić information content (AvgIpc) is 2.54. The van der Waals surface area contributed by atoms with Crippen LogP contribution in [0.2, 0.25) is 0 Å². The lowest BCUT2D eigenvalue weighted by Crippen LogP contribution is -1.93. The first-order valence-electron chi connectivity index (χ1n) is 7.10. The molecule has 0 aromatic heterocycles. The zero-order chi connectivity index (χ0) is 15.9. The van der Waals surface area contributed by atoms with Crippen molar-refractivity contribution in [1.29, 1.82) is 0 Å². The van der Waals surface area contributed by atoms with Crippen molar-refractivity contribution in [3.63, 3.8) is 0 Å². The van der Waals surface area contributed by atoms with Gasteiger partial charge in [0.2, 0.25) is 0 Å². The van der Waals surface area contributed by atoms with E-state index in [1.54, 1.807) is 12.2 Å². The second-order valence-corrected chi connectivity index (χ2v) is 5.26. The van der Waals surface area contributed by atoms with E-state index in [4.69, 9.17) is 0 Å². The van der Waals surface area contributed by atoms with Gasteiger partial charge in [0, 0.05) is 11.1 Å². The lowest BCUT2D eigenvalue weighted by molar-refractivity contribution is -0.107. The predicted octanol–water partition coefficient (Wildman–Crippen LogP) is 4.17. The van der Waals surface area contributed by atoms with Crippen LogP contribution in [0.3, 0.4) is 0 Å². The van der Waals surface area contributed by atoms with Gasteiger partial charge in [0.25, 0.3) is 0 Å². The number of carbonyl (C=O) groups excluding carboxylic acids is 2. The molecule has 2 aromatic rings. The number of hydrogen-bond donors (Lipinski definition) is 0. The van der Waals surface area contributed by atoms with Gasteiger partial charge in [-0.15, -0.1) is 0 Å². The molecule has 2 nitrogen and oxygen atoms in total. The maximum absolute atomic E-state index is 11.4. The van der Waals surface area contributed by atoms with E-state index in [1.807, 2.05) is 62.4 Å². The number of rotatable bonds is 5. The molecule has 0 atom stereocenters. The Labute approximate surface area is 130 Å². The topological polar surface area (TPSA) is 34.1 Å². The van der Waals surface area contributed by atoms with Gasteiger partial charge < -0.3 is 0 Å². The first kappa shape index (κ1) is 15.6. The zero-order valence-electron chi connectivity index (χ0n) is 12.7. The SMILES string of the molecule is Cc1ccc(/C=C(C=O)\C(C=O)=C/c2ccc(C)cc2)cc1. The van der Waals surface area contributed by atoms with Crippen LogP contribution >= 0.6 is 0 Å². The largest absolute Gasteiger partial charge is 0.298 e. The Balaban J connectivity index is 2.37. The molecular weight excluding hydrogens is 272 g/mol. The second-order valence-electron chi connectivity index (χ2n) is 5.26. The van der Waals surface area contributed by atoms with Crippen LogP contribution in [-0.4, -0.2) is 12.6 Å². The Kier molecular flexibility index (Phi) is 5.21. The van der Waals surface area contributed by atoms with Crippen molar-refractivity contribution < 1.29 is 9.59 Å². The molecule has 0 N–H and O–H groups in total. The van der Waals surface area contributed by atoms with E-state index in [0.717, 1.165) is 22.3 Å². The van der Waals surface area contributed by atoms with E-state index in [2.05, 4.69) is 0 Å². The number of allylic oxidation sites excluding steroid dienone is 2. The fraction of sp³-hybridized carbons (Fsp3) is 0.100. The molecular formula is C20H18O2. The van der Waals surface area contributed by atoms with Crippen LogP contribution in [0.15, 0.2) is 59.7 Å². The van der Waals surface area contributed by atoms with E-state index in [-0.39, 0.29) is 0 Å². The monoisotopic (exact) mass is 290 g/mol. The minimum atomic E-state index is 0.374. The summed E-state index contributed by atoms with van der Waals surface area (Å²) < 4.78 is 0. The van der Waals surface area contributed by atoms with Crippen LogP contribution in [0.5, 0.6) is 0 Å². The Hall–Kier alpha value is -2.74. The third kappa shape index (κ3) is 4.13. The summed E-state index contributed by atoms with van der Waals surface area (Å²) in [7, 11) is 0. The van der Waals surface area contributed by atoms with Gasteiger partial charge >= 0.3 is 0 Å². The quantitative estimate of drug-likeness (QED) is 0.470. The maximum Gasteiger partial charge on any atom is 0.150 e. The van der Waals surface area contributed by atoms with E-state index >= 15 is 0 Å². The zero-order valence-corrected chi connectivity index (χ0v) is 12.7. The van der Waals surface area contributed by atoms with Gasteiger partial charge in [0.1, 0.15) is 0 Å². The van der Waals surface area contributed by atoms with E-state index < -0.39 is 0 Å². The molecule has 0 heterocycles. The summed E-state index contributed by atoms with van der Waals surface area (Å²) in [5, 5.41) is 0. The molecule has 0 aliphatic carbocycles. The van der Waals surface area contributed by atoms with Gasteiger partial charge in [-0.25, -0.2) is 0 Å². The Morgan fingerprint density at radius 1 is 0.636 bits per heavy atom. The highest BCUT2D eigenvalue weighted by molar-refractivity contribution is 6.02. The highest BCUT2D eigenvalue weighted by atomic mass is 16.1. The van der Waals surface area contributed by atoms with Crippen molar-refractivity contribution in [1.82, 2.24) is 0 Å². The predicted molar refractivity (Wildman–Crippen MR) is 90.4 cm³/mol. The van der Waals surface area contributed by atoms with Crippen molar-refractivity contribution in [3.05, 3.63) is 81.9 Å². The van der Waals surface area contributed by atoms with Crippen molar-refractivity contribution in [2.24, 2.45) is 0 Å². The van der Waals surface area contributed by atoms with E-state index in [1.165, 1.54) is 0 Å². The van der Waals surface area contributed by atoms with Crippen LogP contribution in [0.25, 0.3) is 12.2 Å². The van der Waals surface area contributed by atoms with Crippen molar-refractivity contribution in [2.45, 2.75) is 13.8 Å². The molecule has 2 heteroatoms. The molecule has 0 saturated heterocycles. The van der Waals surface area contributed by atoms with Crippen LogP contribution in [0.4, 0.5) is 0 Å². The van der Waals surface area contributed by atoms with Crippen LogP contribution in [0, 0.1) is 13.8 Å². The third-order valence-electron chi connectivity index (χ3n) is 3.39. The fourth-order valence-electron chi connectivity index (χ4n) is 2.06. The molecule has 2 aromatic carbocycles. The summed E-state index contributed by atoms with van der Waals surface area (Å²) in [6, 6.07) is 15.6. The minimum absolute atomic E-state index is 0.374. The van der Waals surface area contributed by atoms with Crippen LogP contribution in [-0.2, 0) is 9.59 Å². The molecule has 22 heavy (non-hydrogen) atoms. The molecule has 0 aliphatic rings. The molecule has 0 radical (unpaired) electrons.